The fourth-order valence-corrected chi connectivity index (χ4v) is 1.64. The van der Waals surface area contributed by atoms with Gasteiger partial charge in [-0.2, -0.15) is 0 Å². The van der Waals surface area contributed by atoms with E-state index < -0.39 is 0 Å². The highest BCUT2D eigenvalue weighted by Crippen LogP contribution is 2.19. The lowest BCUT2D eigenvalue weighted by atomic mass is 9.90. The lowest BCUT2D eigenvalue weighted by Crippen LogP contribution is -2.34. The van der Waals surface area contributed by atoms with Crippen LogP contribution in [-0.4, -0.2) is 38.0 Å². The number of hydrogen-bond acceptors (Lipinski definition) is 2. The second-order valence-corrected chi connectivity index (χ2v) is 4.54. The highest BCUT2D eigenvalue weighted by Gasteiger charge is 2.17. The van der Waals surface area contributed by atoms with Crippen molar-refractivity contribution >= 4 is 5.91 Å². The van der Waals surface area contributed by atoms with Gasteiger partial charge in [0, 0.05) is 26.6 Å². The SMILES string of the molecule is CCC(CC(=O)N(C)CCNC)C(C)C. The number of carbonyl (C=O) groups is 1. The van der Waals surface area contributed by atoms with Gasteiger partial charge in [-0.05, 0) is 18.9 Å². The molecule has 0 aliphatic rings. The van der Waals surface area contributed by atoms with Crippen molar-refractivity contribution in [3.8, 4) is 0 Å². The molecule has 0 aliphatic carbocycles. The predicted molar refractivity (Wildman–Crippen MR) is 64.8 cm³/mol. The van der Waals surface area contributed by atoms with Gasteiger partial charge in [-0.1, -0.05) is 27.2 Å². The average molecular weight is 214 g/mol. The van der Waals surface area contributed by atoms with Gasteiger partial charge in [0.2, 0.25) is 5.91 Å². The smallest absolute Gasteiger partial charge is 0.222 e. The van der Waals surface area contributed by atoms with E-state index in [1.807, 2.05) is 19.0 Å². The van der Waals surface area contributed by atoms with Gasteiger partial charge in [-0.3, -0.25) is 4.79 Å². The summed E-state index contributed by atoms with van der Waals surface area (Å²) in [4.78, 5) is 13.6. The second-order valence-electron chi connectivity index (χ2n) is 4.54. The highest BCUT2D eigenvalue weighted by molar-refractivity contribution is 5.76. The minimum absolute atomic E-state index is 0.269. The summed E-state index contributed by atoms with van der Waals surface area (Å²) in [5, 5.41) is 3.05. The molecule has 0 rings (SSSR count). The van der Waals surface area contributed by atoms with Crippen molar-refractivity contribution in [2.75, 3.05) is 27.2 Å². The van der Waals surface area contributed by atoms with Gasteiger partial charge < -0.3 is 10.2 Å². The van der Waals surface area contributed by atoms with Crippen molar-refractivity contribution < 1.29 is 4.79 Å². The van der Waals surface area contributed by atoms with E-state index in [0.717, 1.165) is 19.5 Å². The van der Waals surface area contributed by atoms with Crippen LogP contribution in [0.2, 0.25) is 0 Å². The largest absolute Gasteiger partial charge is 0.344 e. The zero-order valence-corrected chi connectivity index (χ0v) is 10.8. The second kappa shape index (κ2) is 7.69. The molecular weight excluding hydrogens is 188 g/mol. The molecule has 1 amide bonds. The number of likely N-dealkylation sites (N-methyl/N-ethyl adjacent to an activating group) is 2. The normalized spacial score (nSPS) is 12.9. The predicted octanol–water partition coefficient (Wildman–Crippen LogP) is 1.74. The summed E-state index contributed by atoms with van der Waals surface area (Å²) in [5.74, 6) is 1.39. The minimum atomic E-state index is 0.269. The third kappa shape index (κ3) is 5.78. The van der Waals surface area contributed by atoms with Gasteiger partial charge in [0.25, 0.3) is 0 Å². The summed E-state index contributed by atoms with van der Waals surface area (Å²) in [5.41, 5.74) is 0. The molecule has 0 saturated heterocycles. The quantitative estimate of drug-likeness (QED) is 0.700. The topological polar surface area (TPSA) is 32.3 Å². The Kier molecular flexibility index (Phi) is 7.39. The van der Waals surface area contributed by atoms with Crippen LogP contribution in [0.5, 0.6) is 0 Å². The van der Waals surface area contributed by atoms with E-state index in [-0.39, 0.29) is 5.91 Å². The lowest BCUT2D eigenvalue weighted by molar-refractivity contribution is -0.131. The fourth-order valence-electron chi connectivity index (χ4n) is 1.64. The Morgan fingerprint density at radius 2 is 2.00 bits per heavy atom. The summed E-state index contributed by atoms with van der Waals surface area (Å²) >= 11 is 0. The molecule has 0 aromatic heterocycles. The van der Waals surface area contributed by atoms with Crippen LogP contribution in [-0.2, 0) is 4.79 Å². The molecule has 0 fully saturated rings. The molecule has 3 heteroatoms. The first kappa shape index (κ1) is 14.4. The van der Waals surface area contributed by atoms with Crippen LogP contribution in [0.25, 0.3) is 0 Å². The first-order valence-electron chi connectivity index (χ1n) is 5.91. The van der Waals surface area contributed by atoms with E-state index in [0.29, 0.717) is 18.3 Å². The number of hydrogen-bond donors (Lipinski definition) is 1. The Labute approximate surface area is 94.2 Å². The van der Waals surface area contributed by atoms with Crippen LogP contribution in [0.3, 0.4) is 0 Å². The van der Waals surface area contributed by atoms with Crippen LogP contribution in [0.1, 0.15) is 33.6 Å². The Bertz CT molecular complexity index is 180. The molecule has 0 bridgehead atoms. The Morgan fingerprint density at radius 1 is 1.40 bits per heavy atom. The first-order valence-corrected chi connectivity index (χ1v) is 5.91. The first-order chi connectivity index (χ1) is 7.02. The third-order valence-electron chi connectivity index (χ3n) is 3.03. The fraction of sp³-hybridized carbons (Fsp3) is 0.917. The maximum atomic E-state index is 11.8. The zero-order valence-electron chi connectivity index (χ0n) is 10.8. The molecule has 0 aliphatic heterocycles. The van der Waals surface area contributed by atoms with Crippen molar-refractivity contribution in [1.29, 1.82) is 0 Å². The Hall–Kier alpha value is -0.570. The molecule has 0 aromatic carbocycles. The number of carbonyl (C=O) groups excluding carboxylic acids is 1. The number of rotatable bonds is 7. The molecule has 0 aromatic rings. The van der Waals surface area contributed by atoms with Gasteiger partial charge in [0.15, 0.2) is 0 Å². The molecule has 0 spiro atoms. The van der Waals surface area contributed by atoms with E-state index in [4.69, 9.17) is 0 Å². The van der Waals surface area contributed by atoms with E-state index in [1.165, 1.54) is 0 Å². The van der Waals surface area contributed by atoms with Crippen LogP contribution in [0.15, 0.2) is 0 Å². The average Bonchev–Trinajstić information content (AvgIpc) is 2.21. The maximum Gasteiger partial charge on any atom is 0.222 e. The van der Waals surface area contributed by atoms with E-state index >= 15 is 0 Å². The van der Waals surface area contributed by atoms with Gasteiger partial charge in [-0.15, -0.1) is 0 Å². The summed E-state index contributed by atoms with van der Waals surface area (Å²) in [6, 6.07) is 0. The van der Waals surface area contributed by atoms with Crippen molar-refractivity contribution in [2.24, 2.45) is 11.8 Å². The summed E-state index contributed by atoms with van der Waals surface area (Å²) < 4.78 is 0. The molecule has 90 valence electrons. The molecule has 1 unspecified atom stereocenters. The molecular formula is C12H26N2O. The Balaban J connectivity index is 3.98. The van der Waals surface area contributed by atoms with Gasteiger partial charge >= 0.3 is 0 Å². The van der Waals surface area contributed by atoms with Crippen molar-refractivity contribution in [1.82, 2.24) is 10.2 Å². The van der Waals surface area contributed by atoms with Gasteiger partial charge in [-0.25, -0.2) is 0 Å². The van der Waals surface area contributed by atoms with Crippen LogP contribution in [0.4, 0.5) is 0 Å². The maximum absolute atomic E-state index is 11.8. The van der Waals surface area contributed by atoms with Gasteiger partial charge in [0.1, 0.15) is 0 Å². The number of amides is 1. The van der Waals surface area contributed by atoms with Crippen LogP contribution >= 0.6 is 0 Å². The number of nitrogens with one attached hydrogen (secondary N) is 1. The third-order valence-corrected chi connectivity index (χ3v) is 3.03. The molecule has 0 saturated carbocycles. The Morgan fingerprint density at radius 3 is 2.40 bits per heavy atom. The van der Waals surface area contributed by atoms with Crippen molar-refractivity contribution in [2.45, 2.75) is 33.6 Å². The van der Waals surface area contributed by atoms with Crippen LogP contribution < -0.4 is 5.32 Å². The van der Waals surface area contributed by atoms with E-state index in [9.17, 15) is 4.79 Å². The van der Waals surface area contributed by atoms with Crippen LogP contribution in [0, 0.1) is 11.8 Å². The molecule has 1 N–H and O–H groups in total. The van der Waals surface area contributed by atoms with Crippen molar-refractivity contribution in [3.05, 3.63) is 0 Å². The highest BCUT2D eigenvalue weighted by atomic mass is 16.2. The molecule has 0 heterocycles. The summed E-state index contributed by atoms with van der Waals surface area (Å²) in [6.07, 6.45) is 1.78. The zero-order chi connectivity index (χ0) is 11.8. The molecule has 15 heavy (non-hydrogen) atoms. The number of nitrogens with zero attached hydrogens (tertiary/aromatic N) is 1. The summed E-state index contributed by atoms with van der Waals surface area (Å²) in [7, 11) is 3.79. The van der Waals surface area contributed by atoms with E-state index in [2.05, 4.69) is 26.1 Å². The molecule has 0 radical (unpaired) electrons. The molecule has 3 nitrogen and oxygen atoms in total. The molecule has 1 atom stereocenters. The minimum Gasteiger partial charge on any atom is -0.344 e. The van der Waals surface area contributed by atoms with Gasteiger partial charge in [0.05, 0.1) is 0 Å². The lowest BCUT2D eigenvalue weighted by Gasteiger charge is -2.23. The standard InChI is InChI=1S/C12H26N2O/c1-6-11(10(2)3)9-12(15)14(5)8-7-13-4/h10-11,13H,6-9H2,1-5H3. The monoisotopic (exact) mass is 214 g/mol. The summed E-state index contributed by atoms with van der Waals surface area (Å²) in [6.45, 7) is 8.19. The van der Waals surface area contributed by atoms with E-state index in [1.54, 1.807) is 0 Å². The van der Waals surface area contributed by atoms with Crippen molar-refractivity contribution in [3.63, 3.8) is 0 Å².